The molecule has 4 nitrogen and oxygen atoms in total. The van der Waals surface area contributed by atoms with Crippen LogP contribution in [0.15, 0.2) is 6.07 Å². The Hall–Kier alpha value is -1.20. The standard InChI is InChI=1S/C14H22N4S/c1-5-13-16-14(6-2)18(17-13)9-11-7-12(8-15-4)19-10(11)3/h7,15H,5-6,8-9H2,1-4H3. The van der Waals surface area contributed by atoms with Gasteiger partial charge >= 0.3 is 0 Å². The van der Waals surface area contributed by atoms with Crippen molar-refractivity contribution in [1.29, 1.82) is 0 Å². The summed E-state index contributed by atoms with van der Waals surface area (Å²) in [5.74, 6) is 2.03. The lowest BCUT2D eigenvalue weighted by Gasteiger charge is -2.03. The molecule has 0 amide bonds. The first-order valence-corrected chi connectivity index (χ1v) is 7.64. The molecule has 1 N–H and O–H groups in total. The van der Waals surface area contributed by atoms with Crippen LogP contribution in [0.3, 0.4) is 0 Å². The molecular weight excluding hydrogens is 256 g/mol. The minimum atomic E-state index is 0.836. The molecule has 2 rings (SSSR count). The fourth-order valence-corrected chi connectivity index (χ4v) is 3.20. The maximum Gasteiger partial charge on any atom is 0.150 e. The van der Waals surface area contributed by atoms with Crippen LogP contribution < -0.4 is 5.32 Å². The molecule has 5 heteroatoms. The molecule has 0 spiro atoms. The summed E-state index contributed by atoms with van der Waals surface area (Å²) < 4.78 is 2.05. The second kappa shape index (κ2) is 6.30. The van der Waals surface area contributed by atoms with Gasteiger partial charge in [-0.3, -0.25) is 0 Å². The van der Waals surface area contributed by atoms with Crippen molar-refractivity contribution in [1.82, 2.24) is 20.1 Å². The molecular formula is C14H22N4S. The Morgan fingerprint density at radius 2 is 2.11 bits per heavy atom. The Morgan fingerprint density at radius 1 is 1.32 bits per heavy atom. The van der Waals surface area contributed by atoms with Gasteiger partial charge in [0.25, 0.3) is 0 Å². The van der Waals surface area contributed by atoms with Crippen LogP contribution in [-0.4, -0.2) is 21.8 Å². The zero-order valence-corrected chi connectivity index (χ0v) is 13.0. The lowest BCUT2D eigenvalue weighted by atomic mass is 10.2. The van der Waals surface area contributed by atoms with Crippen LogP contribution in [0.4, 0.5) is 0 Å². The highest BCUT2D eigenvalue weighted by Gasteiger charge is 2.11. The molecule has 0 radical (unpaired) electrons. The average Bonchev–Trinajstić information content (AvgIpc) is 2.94. The van der Waals surface area contributed by atoms with E-state index < -0.39 is 0 Å². The van der Waals surface area contributed by atoms with Crippen molar-refractivity contribution in [2.24, 2.45) is 0 Å². The van der Waals surface area contributed by atoms with Gasteiger partial charge in [-0.2, -0.15) is 5.10 Å². The second-order valence-electron chi connectivity index (χ2n) is 4.63. The molecule has 0 unspecified atom stereocenters. The number of thiophene rings is 1. The number of hydrogen-bond donors (Lipinski definition) is 1. The molecule has 0 saturated carbocycles. The summed E-state index contributed by atoms with van der Waals surface area (Å²) >= 11 is 1.86. The van der Waals surface area contributed by atoms with E-state index in [1.165, 1.54) is 15.3 Å². The molecule has 0 aromatic carbocycles. The third-order valence-electron chi connectivity index (χ3n) is 3.17. The quantitative estimate of drug-likeness (QED) is 0.883. The Morgan fingerprint density at radius 3 is 2.74 bits per heavy atom. The molecule has 104 valence electrons. The van der Waals surface area contributed by atoms with Gasteiger partial charge in [-0.15, -0.1) is 11.3 Å². The topological polar surface area (TPSA) is 42.7 Å². The van der Waals surface area contributed by atoms with Gasteiger partial charge in [-0.25, -0.2) is 9.67 Å². The monoisotopic (exact) mass is 278 g/mol. The summed E-state index contributed by atoms with van der Waals surface area (Å²) in [4.78, 5) is 7.31. The first kappa shape index (κ1) is 14.2. The summed E-state index contributed by atoms with van der Waals surface area (Å²) in [6.07, 6.45) is 1.83. The van der Waals surface area contributed by atoms with Crippen molar-refractivity contribution in [3.05, 3.63) is 33.0 Å². The number of aryl methyl sites for hydroxylation is 3. The highest BCUT2D eigenvalue weighted by atomic mass is 32.1. The molecule has 0 bridgehead atoms. The van der Waals surface area contributed by atoms with E-state index >= 15 is 0 Å². The number of hydrogen-bond acceptors (Lipinski definition) is 4. The fraction of sp³-hybridized carbons (Fsp3) is 0.571. The third kappa shape index (κ3) is 3.22. The van der Waals surface area contributed by atoms with E-state index in [-0.39, 0.29) is 0 Å². The number of rotatable bonds is 6. The maximum absolute atomic E-state index is 4.59. The highest BCUT2D eigenvalue weighted by Crippen LogP contribution is 2.22. The first-order chi connectivity index (χ1) is 9.17. The predicted molar refractivity (Wildman–Crippen MR) is 79.7 cm³/mol. The number of nitrogens with zero attached hydrogens (tertiary/aromatic N) is 3. The summed E-state index contributed by atoms with van der Waals surface area (Å²) in [7, 11) is 1.98. The number of nitrogens with one attached hydrogen (secondary N) is 1. The molecule has 0 saturated heterocycles. The van der Waals surface area contributed by atoms with Crippen molar-refractivity contribution >= 4 is 11.3 Å². The van der Waals surface area contributed by atoms with E-state index in [1.807, 2.05) is 18.4 Å². The van der Waals surface area contributed by atoms with Crippen molar-refractivity contribution < 1.29 is 0 Å². The van der Waals surface area contributed by atoms with Crippen LogP contribution in [0, 0.1) is 6.92 Å². The normalized spacial score (nSPS) is 11.2. The molecule has 2 heterocycles. The molecule has 19 heavy (non-hydrogen) atoms. The first-order valence-electron chi connectivity index (χ1n) is 6.83. The van der Waals surface area contributed by atoms with Crippen LogP contribution in [0.25, 0.3) is 0 Å². The van der Waals surface area contributed by atoms with Crippen molar-refractivity contribution in [2.45, 2.75) is 46.7 Å². The summed E-state index contributed by atoms with van der Waals surface area (Å²) in [5, 5.41) is 7.79. The van der Waals surface area contributed by atoms with E-state index in [4.69, 9.17) is 0 Å². The van der Waals surface area contributed by atoms with E-state index in [0.717, 1.165) is 37.6 Å². The Labute approximate surface area is 118 Å². The van der Waals surface area contributed by atoms with Crippen LogP contribution in [0.5, 0.6) is 0 Å². The smallest absolute Gasteiger partial charge is 0.150 e. The molecule has 0 aliphatic rings. The van der Waals surface area contributed by atoms with Crippen molar-refractivity contribution in [2.75, 3.05) is 7.05 Å². The molecule has 0 fully saturated rings. The lowest BCUT2D eigenvalue weighted by Crippen LogP contribution is -2.07. The van der Waals surface area contributed by atoms with Gasteiger partial charge in [-0.05, 0) is 25.6 Å². The van der Waals surface area contributed by atoms with E-state index in [0.29, 0.717) is 0 Å². The van der Waals surface area contributed by atoms with Crippen LogP contribution in [0.2, 0.25) is 0 Å². The zero-order chi connectivity index (χ0) is 13.8. The van der Waals surface area contributed by atoms with Crippen molar-refractivity contribution in [3.63, 3.8) is 0 Å². The predicted octanol–water partition coefficient (Wildman–Crippen LogP) is 2.54. The minimum Gasteiger partial charge on any atom is -0.315 e. The van der Waals surface area contributed by atoms with Gasteiger partial charge in [0.05, 0.1) is 6.54 Å². The SMILES string of the molecule is CCc1nc(CC)n(Cc2cc(CNC)sc2C)n1. The Bertz CT molecular complexity index is 542. The largest absolute Gasteiger partial charge is 0.315 e. The number of aromatic nitrogens is 3. The summed E-state index contributed by atoms with van der Waals surface area (Å²) in [5.41, 5.74) is 1.36. The van der Waals surface area contributed by atoms with Gasteiger partial charge in [0, 0.05) is 29.1 Å². The molecule has 0 aliphatic carbocycles. The lowest BCUT2D eigenvalue weighted by molar-refractivity contribution is 0.636. The molecule has 2 aromatic rings. The van der Waals surface area contributed by atoms with Gasteiger partial charge in [0.2, 0.25) is 0 Å². The van der Waals surface area contributed by atoms with Crippen molar-refractivity contribution in [3.8, 4) is 0 Å². The Kier molecular flexibility index (Phi) is 4.71. The maximum atomic E-state index is 4.59. The molecule has 2 aromatic heterocycles. The average molecular weight is 278 g/mol. The van der Waals surface area contributed by atoms with E-state index in [1.54, 1.807) is 0 Å². The molecule has 0 atom stereocenters. The second-order valence-corrected chi connectivity index (χ2v) is 5.97. The van der Waals surface area contributed by atoms with Gasteiger partial charge in [-0.1, -0.05) is 13.8 Å². The zero-order valence-electron chi connectivity index (χ0n) is 12.2. The van der Waals surface area contributed by atoms with Gasteiger partial charge in [0.15, 0.2) is 5.82 Å². The van der Waals surface area contributed by atoms with E-state index in [9.17, 15) is 0 Å². The Balaban J connectivity index is 2.22. The fourth-order valence-electron chi connectivity index (χ4n) is 2.13. The highest BCUT2D eigenvalue weighted by molar-refractivity contribution is 7.12. The van der Waals surface area contributed by atoms with Gasteiger partial charge < -0.3 is 5.32 Å². The van der Waals surface area contributed by atoms with Gasteiger partial charge in [0.1, 0.15) is 5.82 Å². The van der Waals surface area contributed by atoms with Crippen LogP contribution in [-0.2, 0) is 25.9 Å². The third-order valence-corrected chi connectivity index (χ3v) is 4.26. The summed E-state index contributed by atoms with van der Waals surface area (Å²) in [6, 6.07) is 2.28. The minimum absolute atomic E-state index is 0.836. The van der Waals surface area contributed by atoms with Crippen LogP contribution >= 0.6 is 11.3 Å². The van der Waals surface area contributed by atoms with E-state index in [2.05, 4.69) is 46.9 Å². The van der Waals surface area contributed by atoms with Crippen LogP contribution in [0.1, 0.15) is 40.8 Å². The summed E-state index contributed by atoms with van der Waals surface area (Å²) in [6.45, 7) is 8.18. The molecule has 0 aliphatic heterocycles.